The number of para-hydroxylation sites is 1. The number of fused-ring (bicyclic) bond motifs is 1. The summed E-state index contributed by atoms with van der Waals surface area (Å²) in [5, 5.41) is 10.2. The van der Waals surface area contributed by atoms with E-state index in [1.165, 1.54) is 0 Å². The molecule has 1 aromatic heterocycles. The molecule has 0 aliphatic carbocycles. The molecule has 4 heteroatoms. The van der Waals surface area contributed by atoms with Crippen LogP contribution in [0, 0.1) is 0 Å². The Labute approximate surface area is 124 Å². The molecule has 98 valence electrons. The molecular weight excluding hydrogens is 318 g/mol. The Morgan fingerprint density at radius 1 is 1.05 bits per heavy atom. The molecule has 1 N–H and O–H groups in total. The molecule has 0 atom stereocenters. The molecule has 3 rings (SSSR count). The van der Waals surface area contributed by atoms with Gasteiger partial charge in [0.2, 0.25) is 0 Å². The minimum Gasteiger partial charge on any atom is -0.478 e. The second-order valence-electron chi connectivity index (χ2n) is 4.39. The van der Waals surface area contributed by atoms with Gasteiger partial charge in [-0.05, 0) is 40.2 Å². The second kappa shape index (κ2) is 5.06. The van der Waals surface area contributed by atoms with Gasteiger partial charge in [-0.1, -0.05) is 30.3 Å². The highest BCUT2D eigenvalue weighted by Gasteiger charge is 2.10. The van der Waals surface area contributed by atoms with Crippen LogP contribution in [-0.4, -0.2) is 16.1 Å². The highest BCUT2D eigenvalue weighted by Crippen LogP contribution is 2.26. The van der Waals surface area contributed by atoms with Crippen LogP contribution in [0.2, 0.25) is 0 Å². The first-order chi connectivity index (χ1) is 9.65. The zero-order valence-electron chi connectivity index (χ0n) is 10.4. The van der Waals surface area contributed by atoms with Crippen molar-refractivity contribution in [2.45, 2.75) is 0 Å². The van der Waals surface area contributed by atoms with E-state index in [1.54, 1.807) is 12.1 Å². The topological polar surface area (TPSA) is 50.2 Å². The lowest BCUT2D eigenvalue weighted by molar-refractivity contribution is 0.0696. The third-order valence-corrected chi connectivity index (χ3v) is 3.78. The predicted octanol–water partition coefficient (Wildman–Crippen LogP) is 4.36. The summed E-state index contributed by atoms with van der Waals surface area (Å²) in [5.74, 6) is -0.959. The molecule has 0 aliphatic rings. The van der Waals surface area contributed by atoms with E-state index in [-0.39, 0.29) is 5.56 Å². The van der Waals surface area contributed by atoms with E-state index in [2.05, 4.69) is 20.9 Å². The number of carbonyl (C=O) groups is 1. The van der Waals surface area contributed by atoms with Gasteiger partial charge in [-0.2, -0.15) is 0 Å². The number of hydrogen-bond acceptors (Lipinski definition) is 2. The van der Waals surface area contributed by atoms with E-state index in [0.717, 1.165) is 22.2 Å². The Hall–Kier alpha value is -2.20. The Morgan fingerprint density at radius 2 is 1.85 bits per heavy atom. The summed E-state index contributed by atoms with van der Waals surface area (Å²) < 4.78 is 0.564. The number of nitrogens with zero attached hydrogens (tertiary/aromatic N) is 1. The molecule has 0 saturated carbocycles. The van der Waals surface area contributed by atoms with Gasteiger partial charge in [0.1, 0.15) is 0 Å². The maximum Gasteiger partial charge on any atom is 0.336 e. The van der Waals surface area contributed by atoms with E-state index in [9.17, 15) is 4.79 Å². The lowest BCUT2D eigenvalue weighted by Crippen LogP contribution is -1.98. The highest BCUT2D eigenvalue weighted by molar-refractivity contribution is 9.10. The van der Waals surface area contributed by atoms with Crippen LogP contribution in [0.25, 0.3) is 22.2 Å². The van der Waals surface area contributed by atoms with Crippen molar-refractivity contribution in [2.24, 2.45) is 0 Å². The van der Waals surface area contributed by atoms with Crippen molar-refractivity contribution in [1.29, 1.82) is 0 Å². The van der Waals surface area contributed by atoms with Gasteiger partial charge >= 0.3 is 5.97 Å². The lowest BCUT2D eigenvalue weighted by atomic mass is 10.1. The van der Waals surface area contributed by atoms with Crippen LogP contribution >= 0.6 is 15.9 Å². The molecule has 0 aliphatic heterocycles. The first-order valence-electron chi connectivity index (χ1n) is 6.04. The van der Waals surface area contributed by atoms with E-state index >= 15 is 0 Å². The quantitative estimate of drug-likeness (QED) is 0.760. The minimum absolute atomic E-state index is 0.234. The zero-order chi connectivity index (χ0) is 14.1. The van der Waals surface area contributed by atoms with Crippen molar-refractivity contribution in [1.82, 2.24) is 4.98 Å². The number of halogens is 1. The number of carboxylic acid groups (broad SMARTS) is 1. The fourth-order valence-corrected chi connectivity index (χ4v) is 2.49. The van der Waals surface area contributed by atoms with Crippen LogP contribution in [-0.2, 0) is 0 Å². The Kier molecular flexibility index (Phi) is 3.24. The van der Waals surface area contributed by atoms with Crippen molar-refractivity contribution < 1.29 is 9.90 Å². The summed E-state index contributed by atoms with van der Waals surface area (Å²) in [6, 6.07) is 16.9. The van der Waals surface area contributed by atoms with Crippen LogP contribution in [0.5, 0.6) is 0 Å². The molecule has 3 aromatic rings. The third-order valence-electron chi connectivity index (χ3n) is 3.09. The SMILES string of the molecule is O=C(O)c1cc(-c2ccc3ccccc3n2)ccc1Br. The zero-order valence-corrected chi connectivity index (χ0v) is 12.0. The Bertz CT molecular complexity index is 814. The Balaban J connectivity index is 2.15. The monoisotopic (exact) mass is 327 g/mol. The van der Waals surface area contributed by atoms with Crippen LogP contribution < -0.4 is 0 Å². The average Bonchev–Trinajstić information content (AvgIpc) is 2.47. The molecule has 20 heavy (non-hydrogen) atoms. The molecule has 0 bridgehead atoms. The molecule has 0 radical (unpaired) electrons. The maximum atomic E-state index is 11.2. The lowest BCUT2D eigenvalue weighted by Gasteiger charge is -2.06. The normalized spacial score (nSPS) is 10.7. The molecule has 0 unspecified atom stereocenters. The standard InChI is InChI=1S/C16H10BrNO2/c17-13-7-5-11(9-12(13)16(19)20)15-8-6-10-3-1-2-4-14(10)18-15/h1-9H,(H,19,20). The van der Waals surface area contributed by atoms with E-state index in [4.69, 9.17) is 5.11 Å². The molecule has 0 saturated heterocycles. The third kappa shape index (κ3) is 2.30. The summed E-state index contributed by atoms with van der Waals surface area (Å²) >= 11 is 3.24. The van der Waals surface area contributed by atoms with Crippen LogP contribution in [0.1, 0.15) is 10.4 Å². The van der Waals surface area contributed by atoms with Gasteiger partial charge in [-0.25, -0.2) is 9.78 Å². The van der Waals surface area contributed by atoms with Crippen molar-refractivity contribution >= 4 is 32.8 Å². The first kappa shape index (κ1) is 12.8. The fourth-order valence-electron chi connectivity index (χ4n) is 2.08. The van der Waals surface area contributed by atoms with Crippen molar-refractivity contribution in [3.05, 3.63) is 64.6 Å². The summed E-state index contributed by atoms with van der Waals surface area (Å²) in [5.41, 5.74) is 2.68. The summed E-state index contributed by atoms with van der Waals surface area (Å²) in [6.45, 7) is 0. The van der Waals surface area contributed by atoms with Crippen molar-refractivity contribution in [3.63, 3.8) is 0 Å². The predicted molar refractivity (Wildman–Crippen MR) is 81.8 cm³/mol. The second-order valence-corrected chi connectivity index (χ2v) is 5.24. The highest BCUT2D eigenvalue weighted by atomic mass is 79.9. The number of hydrogen-bond donors (Lipinski definition) is 1. The molecular formula is C16H10BrNO2. The number of aromatic carboxylic acids is 1. The van der Waals surface area contributed by atoms with Crippen molar-refractivity contribution in [3.8, 4) is 11.3 Å². The van der Waals surface area contributed by atoms with E-state index in [1.807, 2.05) is 42.5 Å². The van der Waals surface area contributed by atoms with Crippen molar-refractivity contribution in [2.75, 3.05) is 0 Å². The van der Waals surface area contributed by atoms with Crippen LogP contribution in [0.3, 0.4) is 0 Å². The molecule has 0 fully saturated rings. The van der Waals surface area contributed by atoms with Gasteiger partial charge in [-0.15, -0.1) is 0 Å². The van der Waals surface area contributed by atoms with Gasteiger partial charge in [0, 0.05) is 15.4 Å². The number of benzene rings is 2. The largest absolute Gasteiger partial charge is 0.478 e. The van der Waals surface area contributed by atoms with Gasteiger partial charge in [0.25, 0.3) is 0 Å². The smallest absolute Gasteiger partial charge is 0.336 e. The molecule has 3 nitrogen and oxygen atoms in total. The maximum absolute atomic E-state index is 11.2. The molecule has 1 heterocycles. The number of rotatable bonds is 2. The summed E-state index contributed by atoms with van der Waals surface area (Å²) in [7, 11) is 0. The summed E-state index contributed by atoms with van der Waals surface area (Å²) in [4.78, 5) is 15.7. The van der Waals surface area contributed by atoms with E-state index < -0.39 is 5.97 Å². The fraction of sp³-hybridized carbons (Fsp3) is 0. The number of pyridine rings is 1. The van der Waals surface area contributed by atoms with Gasteiger partial charge in [0.05, 0.1) is 16.8 Å². The molecule has 0 amide bonds. The van der Waals surface area contributed by atoms with Crippen LogP contribution in [0.15, 0.2) is 59.1 Å². The number of aromatic nitrogens is 1. The minimum atomic E-state index is -0.959. The molecule has 2 aromatic carbocycles. The first-order valence-corrected chi connectivity index (χ1v) is 6.83. The van der Waals surface area contributed by atoms with Gasteiger partial charge in [-0.3, -0.25) is 0 Å². The molecule has 0 spiro atoms. The van der Waals surface area contributed by atoms with E-state index in [0.29, 0.717) is 4.47 Å². The summed E-state index contributed by atoms with van der Waals surface area (Å²) in [6.07, 6.45) is 0. The van der Waals surface area contributed by atoms with Gasteiger partial charge in [0.15, 0.2) is 0 Å². The Morgan fingerprint density at radius 3 is 2.65 bits per heavy atom. The average molecular weight is 328 g/mol. The number of carboxylic acids is 1. The van der Waals surface area contributed by atoms with Crippen LogP contribution in [0.4, 0.5) is 0 Å². The van der Waals surface area contributed by atoms with Gasteiger partial charge < -0.3 is 5.11 Å².